The van der Waals surface area contributed by atoms with Crippen LogP contribution in [0.1, 0.15) is 32.3 Å². The van der Waals surface area contributed by atoms with Gasteiger partial charge in [-0.3, -0.25) is 13.9 Å². The van der Waals surface area contributed by atoms with Gasteiger partial charge in [0.1, 0.15) is 24.1 Å². The van der Waals surface area contributed by atoms with E-state index in [4.69, 9.17) is 32.7 Å². The molecule has 12 heteroatoms. The molecule has 0 aliphatic rings. The molecule has 2 amide bonds. The van der Waals surface area contributed by atoms with E-state index in [1.54, 1.807) is 55.5 Å². The van der Waals surface area contributed by atoms with Gasteiger partial charge in [-0.15, -0.1) is 0 Å². The van der Waals surface area contributed by atoms with Crippen molar-refractivity contribution in [2.75, 3.05) is 31.6 Å². The fourth-order valence-corrected chi connectivity index (χ4v) is 6.10. The van der Waals surface area contributed by atoms with Crippen LogP contribution in [0.2, 0.25) is 10.0 Å². The second-order valence-electron chi connectivity index (χ2n) is 9.35. The maximum Gasteiger partial charge on any atom is 0.264 e. The monoisotopic (exact) mass is 635 g/mol. The molecule has 226 valence electrons. The SMILES string of the molecule is CCCNC(=O)C(CC)N(Cc1ccc(Cl)c(Cl)c1)C(=O)CN(c1cc(OC)ccc1OC)S(=O)(=O)c1ccccc1. The Morgan fingerprint density at radius 2 is 1.64 bits per heavy atom. The second kappa shape index (κ2) is 15.1. The smallest absolute Gasteiger partial charge is 0.264 e. The summed E-state index contributed by atoms with van der Waals surface area (Å²) >= 11 is 12.4. The molecular weight excluding hydrogens is 601 g/mol. The largest absolute Gasteiger partial charge is 0.497 e. The third-order valence-electron chi connectivity index (χ3n) is 6.54. The highest BCUT2D eigenvalue weighted by Crippen LogP contribution is 2.36. The highest BCUT2D eigenvalue weighted by molar-refractivity contribution is 7.92. The lowest BCUT2D eigenvalue weighted by atomic mass is 10.1. The van der Waals surface area contributed by atoms with E-state index in [1.807, 2.05) is 6.92 Å². The van der Waals surface area contributed by atoms with Crippen molar-refractivity contribution in [3.8, 4) is 11.5 Å². The van der Waals surface area contributed by atoms with Crippen molar-refractivity contribution in [3.05, 3.63) is 82.3 Å². The van der Waals surface area contributed by atoms with E-state index in [0.717, 1.165) is 4.31 Å². The second-order valence-corrected chi connectivity index (χ2v) is 12.0. The van der Waals surface area contributed by atoms with Crippen LogP contribution in [0.5, 0.6) is 11.5 Å². The molecule has 1 atom stereocenters. The van der Waals surface area contributed by atoms with E-state index < -0.39 is 28.5 Å². The Balaban J connectivity index is 2.14. The fourth-order valence-electron chi connectivity index (χ4n) is 4.34. The molecule has 1 unspecified atom stereocenters. The molecule has 1 N–H and O–H groups in total. The molecule has 0 heterocycles. The number of anilines is 1. The number of nitrogens with zero attached hydrogens (tertiary/aromatic N) is 2. The predicted octanol–water partition coefficient (Wildman–Crippen LogP) is 5.54. The van der Waals surface area contributed by atoms with Crippen molar-refractivity contribution in [2.45, 2.75) is 44.2 Å². The number of ether oxygens (including phenoxy) is 2. The zero-order valence-electron chi connectivity index (χ0n) is 24.0. The lowest BCUT2D eigenvalue weighted by molar-refractivity contribution is -0.140. The molecule has 0 saturated carbocycles. The van der Waals surface area contributed by atoms with E-state index in [2.05, 4.69) is 5.32 Å². The van der Waals surface area contributed by atoms with Gasteiger partial charge in [-0.1, -0.05) is 61.3 Å². The number of benzene rings is 3. The molecule has 0 spiro atoms. The number of hydrogen-bond acceptors (Lipinski definition) is 6. The van der Waals surface area contributed by atoms with E-state index in [1.165, 1.54) is 37.3 Å². The van der Waals surface area contributed by atoms with Crippen LogP contribution in [0.4, 0.5) is 5.69 Å². The number of hydrogen-bond donors (Lipinski definition) is 1. The minimum atomic E-state index is -4.28. The Bertz CT molecular complexity index is 1490. The van der Waals surface area contributed by atoms with Crippen molar-refractivity contribution in [3.63, 3.8) is 0 Å². The third kappa shape index (κ3) is 7.87. The van der Waals surface area contributed by atoms with Crippen LogP contribution in [0.25, 0.3) is 0 Å². The van der Waals surface area contributed by atoms with Crippen molar-refractivity contribution < 1.29 is 27.5 Å². The standard InChI is InChI=1S/C30H35Cl2N3O6S/c1-5-16-33-30(37)26(6-2)34(19-21-12-14-24(31)25(32)17-21)29(36)20-35(42(38,39)23-10-8-7-9-11-23)27-18-22(40-3)13-15-28(27)41-4/h7-15,17-18,26H,5-6,16,19-20H2,1-4H3,(H,33,37). The summed E-state index contributed by atoms with van der Waals surface area (Å²) in [7, 11) is -1.43. The van der Waals surface area contributed by atoms with Crippen LogP contribution < -0.4 is 19.1 Å². The van der Waals surface area contributed by atoms with Crippen molar-refractivity contribution in [1.82, 2.24) is 10.2 Å². The fraction of sp³-hybridized carbons (Fsp3) is 0.333. The Labute approximate surface area is 257 Å². The summed E-state index contributed by atoms with van der Waals surface area (Å²) in [6.07, 6.45) is 0.998. The van der Waals surface area contributed by atoms with Crippen LogP contribution in [0.3, 0.4) is 0 Å². The molecule has 3 aromatic rings. The molecule has 9 nitrogen and oxygen atoms in total. The summed E-state index contributed by atoms with van der Waals surface area (Å²) in [4.78, 5) is 28.8. The van der Waals surface area contributed by atoms with Crippen LogP contribution in [0, 0.1) is 0 Å². The van der Waals surface area contributed by atoms with Gasteiger partial charge in [0.25, 0.3) is 10.0 Å². The number of carbonyl (C=O) groups is 2. The van der Waals surface area contributed by atoms with Gasteiger partial charge in [-0.25, -0.2) is 8.42 Å². The zero-order chi connectivity index (χ0) is 30.9. The summed E-state index contributed by atoms with van der Waals surface area (Å²) < 4.78 is 39.9. The topological polar surface area (TPSA) is 105 Å². The molecule has 0 fully saturated rings. The Morgan fingerprint density at radius 1 is 0.929 bits per heavy atom. The highest BCUT2D eigenvalue weighted by Gasteiger charge is 2.35. The lowest BCUT2D eigenvalue weighted by Crippen LogP contribution is -2.52. The van der Waals surface area contributed by atoms with Crippen LogP contribution in [-0.2, 0) is 26.2 Å². The van der Waals surface area contributed by atoms with E-state index in [9.17, 15) is 18.0 Å². The minimum Gasteiger partial charge on any atom is -0.497 e. The number of carbonyl (C=O) groups excluding carboxylic acids is 2. The van der Waals surface area contributed by atoms with E-state index in [0.29, 0.717) is 34.3 Å². The Kier molecular flexibility index (Phi) is 11.9. The number of sulfonamides is 1. The van der Waals surface area contributed by atoms with E-state index >= 15 is 0 Å². The van der Waals surface area contributed by atoms with Gasteiger partial charge in [0.15, 0.2) is 0 Å². The van der Waals surface area contributed by atoms with Crippen molar-refractivity contribution in [2.24, 2.45) is 0 Å². The molecule has 0 bridgehead atoms. The summed E-state index contributed by atoms with van der Waals surface area (Å²) in [5.41, 5.74) is 0.725. The molecule has 0 saturated heterocycles. The van der Waals surface area contributed by atoms with Crippen LogP contribution in [-0.4, -0.2) is 58.5 Å². The number of rotatable bonds is 14. The lowest BCUT2D eigenvalue weighted by Gasteiger charge is -2.33. The minimum absolute atomic E-state index is 0.0117. The molecule has 42 heavy (non-hydrogen) atoms. The van der Waals surface area contributed by atoms with Crippen molar-refractivity contribution >= 4 is 50.7 Å². The maximum absolute atomic E-state index is 14.2. The van der Waals surface area contributed by atoms with Gasteiger partial charge >= 0.3 is 0 Å². The summed E-state index contributed by atoms with van der Waals surface area (Å²) in [5, 5.41) is 3.49. The molecular formula is C30H35Cl2N3O6S. The molecule has 3 aromatic carbocycles. The number of methoxy groups -OCH3 is 2. The zero-order valence-corrected chi connectivity index (χ0v) is 26.3. The molecule has 0 aliphatic heterocycles. The maximum atomic E-state index is 14.2. The Morgan fingerprint density at radius 3 is 2.24 bits per heavy atom. The third-order valence-corrected chi connectivity index (χ3v) is 9.05. The number of nitrogens with one attached hydrogen (secondary N) is 1. The summed E-state index contributed by atoms with van der Waals surface area (Å²) in [6, 6.07) is 16.5. The molecule has 0 aromatic heterocycles. The quantitative estimate of drug-likeness (QED) is 0.249. The van der Waals surface area contributed by atoms with Gasteiger partial charge in [-0.2, -0.15) is 0 Å². The summed E-state index contributed by atoms with van der Waals surface area (Å²) in [6.45, 7) is 3.50. The van der Waals surface area contributed by atoms with Gasteiger partial charge in [0, 0.05) is 19.2 Å². The number of halogens is 2. The molecule has 0 radical (unpaired) electrons. The van der Waals surface area contributed by atoms with Gasteiger partial charge in [0.05, 0.1) is 34.8 Å². The first-order valence-electron chi connectivity index (χ1n) is 13.4. The first-order valence-corrected chi connectivity index (χ1v) is 15.6. The summed E-state index contributed by atoms with van der Waals surface area (Å²) in [5.74, 6) is -0.371. The molecule has 0 aliphatic carbocycles. The average Bonchev–Trinajstić information content (AvgIpc) is 3.00. The van der Waals surface area contributed by atoms with Gasteiger partial charge in [0.2, 0.25) is 11.8 Å². The first kappa shape index (κ1) is 33.0. The Hall–Kier alpha value is -3.47. The van der Waals surface area contributed by atoms with Crippen molar-refractivity contribution in [1.29, 1.82) is 0 Å². The van der Waals surface area contributed by atoms with E-state index in [-0.39, 0.29) is 35.2 Å². The average molecular weight is 637 g/mol. The van der Waals surface area contributed by atoms with Crippen LogP contribution >= 0.6 is 23.2 Å². The number of amides is 2. The van der Waals surface area contributed by atoms with Gasteiger partial charge < -0.3 is 19.7 Å². The molecule has 3 rings (SSSR count). The highest BCUT2D eigenvalue weighted by atomic mass is 35.5. The van der Waals surface area contributed by atoms with Gasteiger partial charge in [-0.05, 0) is 54.8 Å². The predicted molar refractivity (Wildman–Crippen MR) is 165 cm³/mol. The normalized spacial score (nSPS) is 11.9. The van der Waals surface area contributed by atoms with Crippen LogP contribution in [0.15, 0.2) is 71.6 Å². The first-order chi connectivity index (χ1) is 20.1.